The van der Waals surface area contributed by atoms with Crippen molar-refractivity contribution >= 4 is 11.7 Å². The minimum Gasteiger partial charge on any atom is -0.458 e. The maximum Gasteiger partial charge on any atom is 0.306 e. The van der Waals surface area contributed by atoms with Gasteiger partial charge in [0.2, 0.25) is 0 Å². The van der Waals surface area contributed by atoms with Crippen molar-refractivity contribution in [2.45, 2.75) is 76.7 Å². The predicted molar refractivity (Wildman–Crippen MR) is 99.8 cm³/mol. The average molecular weight is 354 g/mol. The van der Waals surface area contributed by atoms with Gasteiger partial charge in [0.15, 0.2) is 0 Å². The third-order valence-corrected chi connectivity index (χ3v) is 9.79. The molecular weight excluding hydrogens is 322 g/mol. The molecule has 1 spiro atoms. The van der Waals surface area contributed by atoms with E-state index in [1.165, 1.54) is 44.9 Å². The van der Waals surface area contributed by atoms with E-state index in [1.54, 1.807) is 5.57 Å². The summed E-state index contributed by atoms with van der Waals surface area (Å²) in [6.07, 6.45) is 13.7. The van der Waals surface area contributed by atoms with Crippen molar-refractivity contribution in [2.75, 3.05) is 0 Å². The summed E-state index contributed by atoms with van der Waals surface area (Å²) in [5, 5.41) is 8.06. The van der Waals surface area contributed by atoms with E-state index in [0.29, 0.717) is 12.3 Å². The summed E-state index contributed by atoms with van der Waals surface area (Å²) >= 11 is 0. The van der Waals surface area contributed by atoms with Crippen molar-refractivity contribution in [2.24, 2.45) is 40.9 Å². The topological polar surface area (TPSA) is 50.2 Å². The molecule has 6 aliphatic rings. The van der Waals surface area contributed by atoms with E-state index in [4.69, 9.17) is 10.1 Å². The van der Waals surface area contributed by atoms with Crippen molar-refractivity contribution in [1.29, 1.82) is 5.41 Å². The molecule has 0 aromatic heterocycles. The molecule has 3 nitrogen and oxygen atoms in total. The Morgan fingerprint density at radius 3 is 2.77 bits per heavy atom. The SMILES string of the molecule is CCC12CCC3C4CCC(=N)C=C4CCC3C1C1CC1[C@@]21CCC(=O)O1. The molecule has 6 rings (SSSR count). The van der Waals surface area contributed by atoms with Gasteiger partial charge in [0.05, 0.1) is 0 Å². The summed E-state index contributed by atoms with van der Waals surface area (Å²) in [6.45, 7) is 2.38. The smallest absolute Gasteiger partial charge is 0.306 e. The lowest BCUT2D eigenvalue weighted by Gasteiger charge is -2.58. The molecule has 7 unspecified atom stereocenters. The van der Waals surface area contributed by atoms with Crippen LogP contribution in [0.15, 0.2) is 11.6 Å². The largest absolute Gasteiger partial charge is 0.458 e. The van der Waals surface area contributed by atoms with Crippen molar-refractivity contribution in [1.82, 2.24) is 0 Å². The van der Waals surface area contributed by atoms with Crippen LogP contribution in [0.4, 0.5) is 0 Å². The van der Waals surface area contributed by atoms with Crippen LogP contribution in [0.5, 0.6) is 0 Å². The zero-order valence-corrected chi connectivity index (χ0v) is 15.9. The van der Waals surface area contributed by atoms with Gasteiger partial charge in [-0.15, -0.1) is 0 Å². The Kier molecular flexibility index (Phi) is 3.07. The maximum atomic E-state index is 12.2. The number of carbonyl (C=O) groups excluding carboxylic acids is 1. The van der Waals surface area contributed by atoms with Gasteiger partial charge >= 0.3 is 5.97 Å². The van der Waals surface area contributed by atoms with E-state index in [1.807, 2.05) is 0 Å². The molecule has 0 aromatic rings. The normalized spacial score (nSPS) is 54.1. The van der Waals surface area contributed by atoms with E-state index in [-0.39, 0.29) is 17.0 Å². The van der Waals surface area contributed by atoms with Gasteiger partial charge in [0.1, 0.15) is 5.60 Å². The Morgan fingerprint density at radius 2 is 2.00 bits per heavy atom. The minimum atomic E-state index is -0.0933. The molecule has 5 aliphatic carbocycles. The monoisotopic (exact) mass is 353 g/mol. The van der Waals surface area contributed by atoms with E-state index in [0.717, 1.165) is 48.1 Å². The van der Waals surface area contributed by atoms with Crippen molar-refractivity contribution in [3.05, 3.63) is 11.6 Å². The third kappa shape index (κ3) is 1.72. The van der Waals surface area contributed by atoms with Gasteiger partial charge in [-0.05, 0) is 93.5 Å². The average Bonchev–Trinajstić information content (AvgIpc) is 3.29. The first-order valence-corrected chi connectivity index (χ1v) is 11.1. The Labute approximate surface area is 156 Å². The lowest BCUT2D eigenvalue weighted by atomic mass is 9.47. The van der Waals surface area contributed by atoms with Gasteiger partial charge in [-0.2, -0.15) is 0 Å². The van der Waals surface area contributed by atoms with Gasteiger partial charge in [0, 0.05) is 23.5 Å². The molecule has 8 atom stereocenters. The van der Waals surface area contributed by atoms with Gasteiger partial charge in [-0.1, -0.05) is 12.5 Å². The fourth-order valence-corrected chi connectivity index (χ4v) is 9.01. The second kappa shape index (κ2) is 5.02. The molecule has 1 N–H and O–H groups in total. The first-order valence-electron chi connectivity index (χ1n) is 11.1. The summed E-state index contributed by atoms with van der Waals surface area (Å²) < 4.78 is 6.25. The van der Waals surface area contributed by atoms with Crippen LogP contribution >= 0.6 is 0 Å². The maximum absolute atomic E-state index is 12.2. The highest BCUT2D eigenvalue weighted by Crippen LogP contribution is 2.79. The summed E-state index contributed by atoms with van der Waals surface area (Å²) in [7, 11) is 0. The van der Waals surface area contributed by atoms with Crippen molar-refractivity contribution < 1.29 is 9.53 Å². The number of hydrogen-bond donors (Lipinski definition) is 1. The van der Waals surface area contributed by atoms with Gasteiger partial charge in [-0.25, -0.2) is 0 Å². The first kappa shape index (κ1) is 15.9. The van der Waals surface area contributed by atoms with Crippen LogP contribution in [0.2, 0.25) is 0 Å². The quantitative estimate of drug-likeness (QED) is 0.682. The molecule has 0 amide bonds. The van der Waals surface area contributed by atoms with E-state index in [9.17, 15) is 4.79 Å². The Bertz CT molecular complexity index is 726. The molecule has 1 aliphatic heterocycles. The molecule has 0 radical (unpaired) electrons. The Hall–Kier alpha value is -1.12. The zero-order chi connectivity index (χ0) is 17.7. The number of rotatable bonds is 1. The second-order valence-electron chi connectivity index (χ2n) is 10.2. The fourth-order valence-electron chi connectivity index (χ4n) is 9.01. The van der Waals surface area contributed by atoms with Crippen LogP contribution in [-0.2, 0) is 9.53 Å². The Morgan fingerprint density at radius 1 is 1.12 bits per heavy atom. The predicted octanol–water partition coefficient (Wildman–Crippen LogP) is 4.90. The second-order valence-corrected chi connectivity index (χ2v) is 10.2. The van der Waals surface area contributed by atoms with Crippen LogP contribution < -0.4 is 0 Å². The van der Waals surface area contributed by atoms with Crippen molar-refractivity contribution in [3.63, 3.8) is 0 Å². The van der Waals surface area contributed by atoms with E-state index < -0.39 is 0 Å². The molecule has 26 heavy (non-hydrogen) atoms. The standard InChI is InChI=1S/C23H31NO2/c1-2-22-9-7-16-15-6-4-14(24)11-13(15)3-5-17(16)21(22)18-12-19(18)23(22)10-8-20(25)26-23/h11,15-19,21,24H,2-10,12H2,1H3/t15?,16?,17?,18?,19?,21?,22?,23-/m0/s1. The molecule has 3 heteroatoms. The molecular formula is C23H31NO2. The molecule has 5 fully saturated rings. The summed E-state index contributed by atoms with van der Waals surface area (Å²) in [4.78, 5) is 12.2. The number of ether oxygens (including phenoxy) is 1. The lowest BCUT2D eigenvalue weighted by Crippen LogP contribution is -2.56. The van der Waals surface area contributed by atoms with Crippen LogP contribution in [-0.4, -0.2) is 17.3 Å². The van der Waals surface area contributed by atoms with Gasteiger partial charge < -0.3 is 10.1 Å². The van der Waals surface area contributed by atoms with Crippen LogP contribution in [0.1, 0.15) is 71.1 Å². The van der Waals surface area contributed by atoms with Crippen LogP contribution in [0.25, 0.3) is 0 Å². The molecule has 0 aromatic carbocycles. The van der Waals surface area contributed by atoms with Crippen molar-refractivity contribution in [3.8, 4) is 0 Å². The van der Waals surface area contributed by atoms with Gasteiger partial charge in [0.25, 0.3) is 0 Å². The molecule has 1 saturated heterocycles. The molecule has 4 saturated carbocycles. The number of hydrogen-bond acceptors (Lipinski definition) is 3. The molecule has 1 heterocycles. The lowest BCUT2D eigenvalue weighted by molar-refractivity contribution is -0.179. The third-order valence-electron chi connectivity index (χ3n) is 9.79. The number of allylic oxidation sites excluding steroid dienone is 2. The number of esters is 1. The fraction of sp³-hybridized carbons (Fsp3) is 0.826. The number of nitrogens with one attached hydrogen (secondary N) is 1. The van der Waals surface area contributed by atoms with E-state index in [2.05, 4.69) is 13.0 Å². The van der Waals surface area contributed by atoms with Crippen LogP contribution in [0.3, 0.4) is 0 Å². The summed E-state index contributed by atoms with van der Waals surface area (Å²) in [5.41, 5.74) is 2.63. The Balaban J connectivity index is 1.39. The molecule has 140 valence electrons. The van der Waals surface area contributed by atoms with Crippen LogP contribution in [0, 0.1) is 46.3 Å². The molecule has 0 bridgehead atoms. The van der Waals surface area contributed by atoms with Gasteiger partial charge in [-0.3, -0.25) is 4.79 Å². The zero-order valence-electron chi connectivity index (χ0n) is 15.9. The highest BCUT2D eigenvalue weighted by Gasteiger charge is 2.79. The number of carbonyl (C=O) groups is 1. The summed E-state index contributed by atoms with van der Waals surface area (Å²) in [6, 6.07) is 0. The first-order chi connectivity index (χ1) is 12.6. The minimum absolute atomic E-state index is 0.0749. The summed E-state index contributed by atoms with van der Waals surface area (Å²) in [5.74, 6) is 4.80. The number of fused-ring (bicyclic) bond motifs is 9. The highest BCUT2D eigenvalue weighted by atomic mass is 16.6. The van der Waals surface area contributed by atoms with E-state index >= 15 is 0 Å². The highest BCUT2D eigenvalue weighted by molar-refractivity contribution is 5.93.